The number of methoxy groups -OCH3 is 1. The minimum atomic E-state index is -0.493. The fourth-order valence-electron chi connectivity index (χ4n) is 2.78. The Bertz CT molecular complexity index is 837. The molecule has 0 unspecified atom stereocenters. The molecule has 0 radical (unpaired) electrons. The van der Waals surface area contributed by atoms with E-state index < -0.39 is 5.97 Å². The molecule has 6 heteroatoms. The molecule has 0 heterocycles. The topological polar surface area (TPSA) is 127 Å². The molecule has 0 spiro atoms. The van der Waals surface area contributed by atoms with Crippen LogP contribution in [0.1, 0.15) is 27.0 Å². The fourth-order valence-corrected chi connectivity index (χ4v) is 2.78. The minimum Gasteiger partial charge on any atom is -0.465 e. The molecule has 6 N–H and O–H groups in total. The van der Waals surface area contributed by atoms with Crippen LogP contribution in [0.4, 0.5) is 11.4 Å². The number of hydrogen-bond donors (Lipinski definition) is 2. The first-order valence-electron chi connectivity index (χ1n) is 6.98. The predicted molar refractivity (Wildman–Crippen MR) is 95.3 cm³/mol. The molecule has 126 valence electrons. The molecule has 0 saturated carbocycles. The van der Waals surface area contributed by atoms with Crippen LogP contribution in [0.3, 0.4) is 0 Å². The van der Waals surface area contributed by atoms with Gasteiger partial charge in [-0.15, -0.1) is 0 Å². The SMILES string of the molecule is COC(=O)c1cc(N)cc(C)c1-c1c(C)cc(N)cc1C=C=O.O. The average molecular weight is 328 g/mol. The summed E-state index contributed by atoms with van der Waals surface area (Å²) in [6, 6.07) is 6.79. The number of carbonyl (C=O) groups is 1. The maximum Gasteiger partial charge on any atom is 0.338 e. The molecule has 0 saturated heterocycles. The van der Waals surface area contributed by atoms with Gasteiger partial charge in [0.15, 0.2) is 0 Å². The lowest BCUT2D eigenvalue weighted by molar-refractivity contribution is 0.0601. The largest absolute Gasteiger partial charge is 0.465 e. The van der Waals surface area contributed by atoms with Crippen LogP contribution in [-0.4, -0.2) is 24.5 Å². The van der Waals surface area contributed by atoms with Gasteiger partial charge in [-0.3, -0.25) is 0 Å². The summed E-state index contributed by atoms with van der Waals surface area (Å²) in [4.78, 5) is 23.0. The molecule has 0 atom stereocenters. The molecule has 0 aliphatic rings. The van der Waals surface area contributed by atoms with Gasteiger partial charge in [0.1, 0.15) is 5.94 Å². The highest BCUT2D eigenvalue weighted by atomic mass is 16.5. The lowest BCUT2D eigenvalue weighted by Crippen LogP contribution is -2.08. The zero-order chi connectivity index (χ0) is 17.1. The first-order valence-corrected chi connectivity index (χ1v) is 6.98. The third kappa shape index (κ3) is 3.46. The molecule has 0 aromatic heterocycles. The van der Waals surface area contributed by atoms with Gasteiger partial charge in [-0.25, -0.2) is 9.59 Å². The number of rotatable bonds is 3. The van der Waals surface area contributed by atoms with Gasteiger partial charge in [0.05, 0.1) is 12.7 Å². The summed E-state index contributed by atoms with van der Waals surface area (Å²) in [6.07, 6.45) is 1.30. The molecule has 0 bridgehead atoms. The minimum absolute atomic E-state index is 0. The molecule has 0 aliphatic carbocycles. The number of esters is 1. The Morgan fingerprint density at radius 3 is 2.12 bits per heavy atom. The van der Waals surface area contributed by atoms with E-state index in [0.29, 0.717) is 28.1 Å². The van der Waals surface area contributed by atoms with E-state index in [2.05, 4.69) is 0 Å². The third-order valence-corrected chi connectivity index (χ3v) is 3.62. The van der Waals surface area contributed by atoms with Gasteiger partial charge in [-0.2, -0.15) is 0 Å². The van der Waals surface area contributed by atoms with Crippen molar-refractivity contribution >= 4 is 29.4 Å². The van der Waals surface area contributed by atoms with Crippen LogP contribution < -0.4 is 11.5 Å². The number of nitrogens with two attached hydrogens (primary N) is 2. The van der Waals surface area contributed by atoms with Gasteiger partial charge in [0, 0.05) is 23.0 Å². The smallest absolute Gasteiger partial charge is 0.338 e. The summed E-state index contributed by atoms with van der Waals surface area (Å²) in [7, 11) is 1.31. The molecule has 0 amide bonds. The van der Waals surface area contributed by atoms with E-state index >= 15 is 0 Å². The summed E-state index contributed by atoms with van der Waals surface area (Å²) in [6.45, 7) is 3.72. The second-order valence-corrected chi connectivity index (χ2v) is 5.32. The van der Waals surface area contributed by atoms with Gasteiger partial charge in [0.25, 0.3) is 0 Å². The lowest BCUT2D eigenvalue weighted by Gasteiger charge is -2.17. The Balaban J connectivity index is 0.00000288. The number of ether oxygens (including phenoxy) is 1. The summed E-state index contributed by atoms with van der Waals surface area (Å²) in [5.41, 5.74) is 16.7. The van der Waals surface area contributed by atoms with Crippen molar-refractivity contribution in [3.8, 4) is 11.1 Å². The normalized spacial score (nSPS) is 9.62. The standard InChI is InChI=1S/C18H18N2O3.H2O/c1-10-6-13(19)8-12(4-5-21)16(10)17-11(2)7-14(20)9-15(17)18(22)23-3;/h4,6-9H,19-20H2,1-3H3;1H2. The number of nitrogen functional groups attached to an aromatic ring is 2. The molecular weight excluding hydrogens is 308 g/mol. The van der Waals surface area contributed by atoms with Crippen LogP contribution in [0.2, 0.25) is 0 Å². The lowest BCUT2D eigenvalue weighted by atomic mass is 9.88. The van der Waals surface area contributed by atoms with Crippen molar-refractivity contribution in [1.29, 1.82) is 0 Å². The summed E-state index contributed by atoms with van der Waals surface area (Å²) in [5.74, 6) is 1.28. The van der Waals surface area contributed by atoms with Crippen molar-refractivity contribution in [3.05, 3.63) is 46.5 Å². The zero-order valence-corrected chi connectivity index (χ0v) is 13.8. The van der Waals surface area contributed by atoms with E-state index in [-0.39, 0.29) is 5.48 Å². The molecule has 0 fully saturated rings. The molecule has 2 aromatic carbocycles. The predicted octanol–water partition coefficient (Wildman–Crippen LogP) is 1.94. The number of anilines is 2. The van der Waals surface area contributed by atoms with E-state index in [0.717, 1.165) is 16.7 Å². The van der Waals surface area contributed by atoms with Crippen molar-refractivity contribution in [1.82, 2.24) is 0 Å². The van der Waals surface area contributed by atoms with Crippen molar-refractivity contribution in [2.75, 3.05) is 18.6 Å². The zero-order valence-electron chi connectivity index (χ0n) is 13.8. The van der Waals surface area contributed by atoms with E-state index in [1.165, 1.54) is 13.2 Å². The Morgan fingerprint density at radius 2 is 1.58 bits per heavy atom. The third-order valence-electron chi connectivity index (χ3n) is 3.62. The van der Waals surface area contributed by atoms with Gasteiger partial charge in [-0.1, -0.05) is 0 Å². The molecule has 2 aromatic rings. The van der Waals surface area contributed by atoms with Crippen LogP contribution >= 0.6 is 0 Å². The first-order chi connectivity index (χ1) is 10.9. The molecular formula is C18H20N2O4. The fraction of sp³-hybridized carbons (Fsp3) is 0.167. The van der Waals surface area contributed by atoms with Gasteiger partial charge >= 0.3 is 5.97 Å². The van der Waals surface area contributed by atoms with Crippen LogP contribution in [0.15, 0.2) is 24.3 Å². The van der Waals surface area contributed by atoms with E-state index in [1.54, 1.807) is 30.2 Å². The van der Waals surface area contributed by atoms with Gasteiger partial charge < -0.3 is 21.7 Å². The number of hydrogen-bond acceptors (Lipinski definition) is 5. The van der Waals surface area contributed by atoms with Crippen LogP contribution in [-0.2, 0) is 9.53 Å². The van der Waals surface area contributed by atoms with E-state index in [1.807, 2.05) is 13.8 Å². The molecule has 6 nitrogen and oxygen atoms in total. The quantitative estimate of drug-likeness (QED) is 0.505. The maximum atomic E-state index is 12.2. The number of aryl methyl sites for hydroxylation is 2. The van der Waals surface area contributed by atoms with Crippen LogP contribution in [0.25, 0.3) is 17.2 Å². The summed E-state index contributed by atoms with van der Waals surface area (Å²) >= 11 is 0. The second-order valence-electron chi connectivity index (χ2n) is 5.32. The van der Waals surface area contributed by atoms with Gasteiger partial charge in [-0.05, 0) is 60.4 Å². The Hall–Kier alpha value is -3.08. The van der Waals surface area contributed by atoms with Crippen molar-refractivity contribution in [3.63, 3.8) is 0 Å². The van der Waals surface area contributed by atoms with E-state index in [9.17, 15) is 9.59 Å². The first kappa shape index (κ1) is 19.0. The molecule has 24 heavy (non-hydrogen) atoms. The monoisotopic (exact) mass is 328 g/mol. The van der Waals surface area contributed by atoms with Crippen molar-refractivity contribution in [2.45, 2.75) is 13.8 Å². The average Bonchev–Trinajstić information content (AvgIpc) is 2.47. The van der Waals surface area contributed by atoms with Crippen molar-refractivity contribution < 1.29 is 19.8 Å². The number of benzene rings is 2. The number of carbonyl (C=O) groups excluding carboxylic acids is 2. The molecule has 0 aliphatic heterocycles. The Morgan fingerprint density at radius 1 is 1.04 bits per heavy atom. The Kier molecular flexibility index (Phi) is 5.89. The highest BCUT2D eigenvalue weighted by molar-refractivity contribution is 6.02. The molecule has 2 rings (SSSR count). The van der Waals surface area contributed by atoms with Crippen molar-refractivity contribution in [2.24, 2.45) is 0 Å². The summed E-state index contributed by atoms with van der Waals surface area (Å²) < 4.78 is 4.87. The van der Waals surface area contributed by atoms with Crippen LogP contribution in [0, 0.1) is 13.8 Å². The van der Waals surface area contributed by atoms with Gasteiger partial charge in [0.2, 0.25) is 0 Å². The van der Waals surface area contributed by atoms with Crippen LogP contribution in [0.5, 0.6) is 0 Å². The Labute approximate surface area is 140 Å². The second kappa shape index (κ2) is 7.46. The highest BCUT2D eigenvalue weighted by Crippen LogP contribution is 2.36. The van der Waals surface area contributed by atoms with E-state index in [4.69, 9.17) is 16.2 Å². The maximum absolute atomic E-state index is 12.2. The highest BCUT2D eigenvalue weighted by Gasteiger charge is 2.20. The summed E-state index contributed by atoms with van der Waals surface area (Å²) in [5, 5.41) is 0.